The van der Waals surface area contributed by atoms with Crippen LogP contribution in [-0.2, 0) is 13.0 Å². The van der Waals surface area contributed by atoms with Crippen LogP contribution < -0.4 is 5.32 Å². The van der Waals surface area contributed by atoms with Crippen LogP contribution in [0.1, 0.15) is 45.7 Å². The van der Waals surface area contributed by atoms with E-state index in [4.69, 9.17) is 0 Å². The van der Waals surface area contributed by atoms with Crippen molar-refractivity contribution in [2.75, 3.05) is 6.54 Å². The molecule has 0 bridgehead atoms. The van der Waals surface area contributed by atoms with Gasteiger partial charge in [0.05, 0.1) is 11.9 Å². The second-order valence-electron chi connectivity index (χ2n) is 4.15. The summed E-state index contributed by atoms with van der Waals surface area (Å²) in [4.78, 5) is 0. The van der Waals surface area contributed by atoms with Crippen molar-refractivity contribution in [3.05, 3.63) is 11.9 Å². The minimum Gasteiger partial charge on any atom is -0.314 e. The maximum atomic E-state index is 4.10. The summed E-state index contributed by atoms with van der Waals surface area (Å²) in [6.07, 6.45) is 6.43. The van der Waals surface area contributed by atoms with Crippen LogP contribution >= 0.6 is 0 Å². The van der Waals surface area contributed by atoms with E-state index in [1.165, 1.54) is 18.5 Å². The number of nitrogens with one attached hydrogen (secondary N) is 1. The summed E-state index contributed by atoms with van der Waals surface area (Å²) >= 11 is 0. The molecule has 0 radical (unpaired) electrons. The first-order valence-corrected chi connectivity index (χ1v) is 6.42. The van der Waals surface area contributed by atoms with E-state index in [2.05, 4.69) is 36.4 Å². The maximum absolute atomic E-state index is 4.10. The lowest BCUT2D eigenvalue weighted by atomic mass is 10.1. The van der Waals surface area contributed by atoms with Gasteiger partial charge in [-0.05, 0) is 32.2 Å². The van der Waals surface area contributed by atoms with Crippen LogP contribution in [-0.4, -0.2) is 27.6 Å². The Bertz CT molecular complexity index is 282. The summed E-state index contributed by atoms with van der Waals surface area (Å²) in [5, 5.41) is 11.6. The Balaban J connectivity index is 2.43. The van der Waals surface area contributed by atoms with E-state index < -0.39 is 0 Å². The number of aromatic nitrogens is 3. The molecule has 0 fully saturated rings. The Morgan fingerprint density at radius 3 is 2.81 bits per heavy atom. The third-order valence-corrected chi connectivity index (χ3v) is 2.87. The number of rotatable bonds is 8. The first-order chi connectivity index (χ1) is 7.81. The average molecular weight is 224 g/mol. The average Bonchev–Trinajstić information content (AvgIpc) is 2.72. The lowest BCUT2D eigenvalue weighted by Crippen LogP contribution is -2.28. The molecular formula is C12H24N4. The van der Waals surface area contributed by atoms with Crippen LogP contribution in [0.5, 0.6) is 0 Å². The molecule has 1 N–H and O–H groups in total. The lowest BCUT2D eigenvalue weighted by molar-refractivity contribution is 0.467. The first-order valence-electron chi connectivity index (χ1n) is 6.42. The van der Waals surface area contributed by atoms with Crippen molar-refractivity contribution in [3.8, 4) is 0 Å². The molecule has 0 spiro atoms. The fourth-order valence-electron chi connectivity index (χ4n) is 1.93. The smallest absolute Gasteiger partial charge is 0.0725 e. The van der Waals surface area contributed by atoms with Gasteiger partial charge in [0.2, 0.25) is 0 Å². The molecular weight excluding hydrogens is 200 g/mol. The van der Waals surface area contributed by atoms with E-state index >= 15 is 0 Å². The van der Waals surface area contributed by atoms with Crippen molar-refractivity contribution in [2.24, 2.45) is 0 Å². The Labute approximate surface area is 98.4 Å². The quantitative estimate of drug-likeness (QED) is 0.734. The predicted molar refractivity (Wildman–Crippen MR) is 66.4 cm³/mol. The summed E-state index contributed by atoms with van der Waals surface area (Å²) in [7, 11) is 0. The molecule has 1 rings (SSSR count). The summed E-state index contributed by atoms with van der Waals surface area (Å²) < 4.78 is 2.03. The van der Waals surface area contributed by atoms with Crippen LogP contribution in [0.2, 0.25) is 0 Å². The molecule has 4 heteroatoms. The second kappa shape index (κ2) is 7.39. The van der Waals surface area contributed by atoms with Crippen LogP contribution in [0.25, 0.3) is 0 Å². The van der Waals surface area contributed by atoms with Gasteiger partial charge in [0.25, 0.3) is 0 Å². The Morgan fingerprint density at radius 1 is 1.38 bits per heavy atom. The van der Waals surface area contributed by atoms with Gasteiger partial charge in [0.1, 0.15) is 0 Å². The highest BCUT2D eigenvalue weighted by Crippen LogP contribution is 2.06. The predicted octanol–water partition coefficient (Wildman–Crippen LogP) is 2.01. The lowest BCUT2D eigenvalue weighted by Gasteiger charge is -2.15. The number of hydrogen-bond acceptors (Lipinski definition) is 3. The van der Waals surface area contributed by atoms with Gasteiger partial charge in [0, 0.05) is 12.6 Å². The standard InChI is InChI=1S/C12H24N4/c1-4-9-16-12(10-14-15-16)8-7-11(5-2)13-6-3/h10-11,13H,4-9H2,1-3H3. The Kier molecular flexibility index (Phi) is 6.08. The molecule has 1 atom stereocenters. The number of aryl methyl sites for hydroxylation is 2. The molecule has 0 saturated carbocycles. The molecule has 1 aromatic heterocycles. The van der Waals surface area contributed by atoms with E-state index in [0.717, 1.165) is 25.9 Å². The van der Waals surface area contributed by atoms with Crippen molar-refractivity contribution in [1.29, 1.82) is 0 Å². The van der Waals surface area contributed by atoms with E-state index in [-0.39, 0.29) is 0 Å². The molecule has 1 unspecified atom stereocenters. The fourth-order valence-corrected chi connectivity index (χ4v) is 1.93. The fraction of sp³-hybridized carbons (Fsp3) is 0.833. The SMILES string of the molecule is CCCn1nncc1CCC(CC)NCC. The van der Waals surface area contributed by atoms with Gasteiger partial charge in [-0.1, -0.05) is 26.0 Å². The molecule has 92 valence electrons. The minimum atomic E-state index is 0.620. The van der Waals surface area contributed by atoms with Crippen LogP contribution in [0.15, 0.2) is 6.20 Å². The van der Waals surface area contributed by atoms with Crippen molar-refractivity contribution in [1.82, 2.24) is 20.3 Å². The molecule has 16 heavy (non-hydrogen) atoms. The molecule has 0 aliphatic rings. The molecule has 0 saturated heterocycles. The highest BCUT2D eigenvalue weighted by atomic mass is 15.4. The highest BCUT2D eigenvalue weighted by molar-refractivity contribution is 4.95. The molecule has 0 aliphatic carbocycles. The van der Waals surface area contributed by atoms with Crippen molar-refractivity contribution >= 4 is 0 Å². The molecule has 0 aromatic carbocycles. The second-order valence-corrected chi connectivity index (χ2v) is 4.15. The topological polar surface area (TPSA) is 42.7 Å². The van der Waals surface area contributed by atoms with E-state index in [1.54, 1.807) is 0 Å². The summed E-state index contributed by atoms with van der Waals surface area (Å²) in [5.74, 6) is 0. The van der Waals surface area contributed by atoms with Crippen LogP contribution in [0, 0.1) is 0 Å². The zero-order valence-electron chi connectivity index (χ0n) is 10.7. The van der Waals surface area contributed by atoms with Gasteiger partial charge in [-0.15, -0.1) is 5.10 Å². The van der Waals surface area contributed by atoms with E-state index in [9.17, 15) is 0 Å². The van der Waals surface area contributed by atoms with Crippen LogP contribution in [0.4, 0.5) is 0 Å². The summed E-state index contributed by atoms with van der Waals surface area (Å²) in [6.45, 7) is 8.58. The minimum absolute atomic E-state index is 0.620. The first kappa shape index (κ1) is 13.2. The van der Waals surface area contributed by atoms with Gasteiger partial charge in [-0.3, -0.25) is 0 Å². The summed E-state index contributed by atoms with van der Waals surface area (Å²) in [5.41, 5.74) is 1.26. The van der Waals surface area contributed by atoms with Gasteiger partial charge in [-0.25, -0.2) is 4.68 Å². The number of hydrogen-bond donors (Lipinski definition) is 1. The zero-order chi connectivity index (χ0) is 11.8. The van der Waals surface area contributed by atoms with Gasteiger partial charge < -0.3 is 5.32 Å². The third kappa shape index (κ3) is 3.93. The van der Waals surface area contributed by atoms with E-state index in [0.29, 0.717) is 6.04 Å². The maximum Gasteiger partial charge on any atom is 0.0725 e. The number of nitrogens with zero attached hydrogens (tertiary/aromatic N) is 3. The zero-order valence-corrected chi connectivity index (χ0v) is 10.7. The molecule has 0 amide bonds. The normalized spacial score (nSPS) is 12.9. The van der Waals surface area contributed by atoms with Crippen LogP contribution in [0.3, 0.4) is 0 Å². The third-order valence-electron chi connectivity index (χ3n) is 2.87. The van der Waals surface area contributed by atoms with E-state index in [1.807, 2.05) is 10.9 Å². The largest absolute Gasteiger partial charge is 0.314 e. The molecule has 1 heterocycles. The Morgan fingerprint density at radius 2 is 2.19 bits per heavy atom. The highest BCUT2D eigenvalue weighted by Gasteiger charge is 2.08. The van der Waals surface area contributed by atoms with Gasteiger partial charge in [0.15, 0.2) is 0 Å². The molecule has 0 aliphatic heterocycles. The van der Waals surface area contributed by atoms with Crippen molar-refractivity contribution < 1.29 is 0 Å². The van der Waals surface area contributed by atoms with Crippen molar-refractivity contribution in [2.45, 2.75) is 59.0 Å². The van der Waals surface area contributed by atoms with Crippen molar-refractivity contribution in [3.63, 3.8) is 0 Å². The van der Waals surface area contributed by atoms with Gasteiger partial charge >= 0.3 is 0 Å². The van der Waals surface area contributed by atoms with Gasteiger partial charge in [-0.2, -0.15) is 0 Å². The molecule has 4 nitrogen and oxygen atoms in total. The monoisotopic (exact) mass is 224 g/mol. The Hall–Kier alpha value is -0.900. The molecule has 1 aromatic rings. The summed E-state index contributed by atoms with van der Waals surface area (Å²) in [6, 6.07) is 0.620.